The van der Waals surface area contributed by atoms with Crippen LogP contribution in [0.2, 0.25) is 40.2 Å². The molecular formula is C42H12Cl8N4O2S8. The zero-order chi connectivity index (χ0) is 44.3. The standard InChI is InChI=1S/C42H12Cl8N4O2S8/c43-13-5-21-29(9-17(13)47)61-39(51-21)57-25-1-2-26(58-40-52-22-6-14(44)18(48)10-30(22)62-40)34-33(25)37(55)35-27(59-41-53-23-7-15(45)19(49)11-31(23)63-41)3-4-28(36(35)38(34)56)60-42-54-24-8-16(46)20(50)12-32(24)64-42/h1-12H. The molecule has 6 aromatic carbocycles. The molecular weight excluding hydrogens is 1130 g/mol. The normalized spacial score (nSPS) is 12.7. The first-order chi connectivity index (χ1) is 30.7. The Morgan fingerprint density at radius 2 is 0.531 bits per heavy atom. The summed E-state index contributed by atoms with van der Waals surface area (Å²) in [6.07, 6.45) is 0. The molecule has 0 unspecified atom stereocenters. The minimum atomic E-state index is -0.343. The number of rotatable bonds is 8. The van der Waals surface area contributed by atoms with E-state index in [0.29, 0.717) is 99.2 Å². The molecule has 1 aliphatic carbocycles. The second-order valence-electron chi connectivity index (χ2n) is 13.5. The van der Waals surface area contributed by atoms with E-state index in [4.69, 9.17) is 113 Å². The van der Waals surface area contributed by atoms with E-state index in [2.05, 4.69) is 0 Å². The van der Waals surface area contributed by atoms with Gasteiger partial charge in [-0.2, -0.15) is 0 Å². The Balaban J connectivity index is 1.09. The van der Waals surface area contributed by atoms with Gasteiger partial charge in [0.05, 0.1) is 81.0 Å². The van der Waals surface area contributed by atoms with Crippen molar-refractivity contribution < 1.29 is 9.59 Å². The zero-order valence-electron chi connectivity index (χ0n) is 30.8. The molecule has 0 aliphatic heterocycles. The Hall–Kier alpha value is -2.06. The fourth-order valence-corrected chi connectivity index (χ4v) is 17.1. The van der Waals surface area contributed by atoms with Gasteiger partial charge in [0.2, 0.25) is 0 Å². The van der Waals surface area contributed by atoms with Crippen molar-refractivity contribution in [1.29, 1.82) is 0 Å². The molecule has 1 aliphatic rings. The first kappa shape index (κ1) is 44.4. The molecule has 0 N–H and O–H groups in total. The number of halogens is 8. The predicted octanol–water partition coefficient (Wildman–Crippen LogP) is 18.7. The van der Waals surface area contributed by atoms with E-state index in [1.807, 2.05) is 24.3 Å². The lowest BCUT2D eigenvalue weighted by atomic mass is 9.84. The number of thiazole rings is 4. The molecule has 0 saturated heterocycles. The molecule has 11 rings (SSSR count). The lowest BCUT2D eigenvalue weighted by Gasteiger charge is -2.25. The average molecular weight is 1140 g/mol. The highest BCUT2D eigenvalue weighted by Crippen LogP contribution is 2.51. The van der Waals surface area contributed by atoms with Crippen LogP contribution in [-0.2, 0) is 0 Å². The van der Waals surface area contributed by atoms with Crippen molar-refractivity contribution in [2.45, 2.75) is 36.9 Å². The van der Waals surface area contributed by atoms with E-state index in [9.17, 15) is 0 Å². The van der Waals surface area contributed by atoms with Crippen molar-refractivity contribution in [2.75, 3.05) is 0 Å². The third kappa shape index (κ3) is 8.14. The number of nitrogens with zero attached hydrogens (tertiary/aromatic N) is 4. The number of hydrogen-bond donors (Lipinski definition) is 0. The van der Waals surface area contributed by atoms with Crippen molar-refractivity contribution in [3.63, 3.8) is 0 Å². The smallest absolute Gasteiger partial charge is 0.196 e. The fourth-order valence-electron chi connectivity index (χ4n) is 6.78. The Morgan fingerprint density at radius 1 is 0.328 bits per heavy atom. The molecule has 0 spiro atoms. The summed E-state index contributed by atoms with van der Waals surface area (Å²) in [6, 6.07) is 21.3. The maximum atomic E-state index is 15.7. The van der Waals surface area contributed by atoms with Crippen LogP contribution < -0.4 is 0 Å². The molecule has 0 atom stereocenters. The predicted molar refractivity (Wildman–Crippen MR) is 275 cm³/mol. The highest BCUT2D eigenvalue weighted by molar-refractivity contribution is 8.02. The van der Waals surface area contributed by atoms with E-state index in [1.165, 1.54) is 92.4 Å². The summed E-state index contributed by atoms with van der Waals surface area (Å²) in [6.45, 7) is 0. The Labute approximate surface area is 434 Å². The molecule has 4 heterocycles. The topological polar surface area (TPSA) is 85.7 Å². The molecule has 316 valence electrons. The molecule has 0 fully saturated rings. The van der Waals surface area contributed by atoms with Crippen LogP contribution in [0.15, 0.2) is 110 Å². The van der Waals surface area contributed by atoms with Crippen molar-refractivity contribution in [2.24, 2.45) is 0 Å². The third-order valence-corrected chi connectivity index (χ3v) is 21.0. The van der Waals surface area contributed by atoms with Gasteiger partial charge in [-0.3, -0.25) is 9.59 Å². The van der Waals surface area contributed by atoms with E-state index in [-0.39, 0.29) is 33.8 Å². The largest absolute Gasteiger partial charge is 0.288 e. The minimum Gasteiger partial charge on any atom is -0.288 e. The number of fused-ring (bicyclic) bond motifs is 6. The van der Waals surface area contributed by atoms with E-state index >= 15 is 9.59 Å². The van der Waals surface area contributed by atoms with Crippen LogP contribution in [0.4, 0.5) is 0 Å². The van der Waals surface area contributed by atoms with E-state index in [0.717, 1.165) is 18.8 Å². The van der Waals surface area contributed by atoms with Gasteiger partial charge in [-0.1, -0.05) is 140 Å². The van der Waals surface area contributed by atoms with E-state index in [1.54, 1.807) is 48.5 Å². The van der Waals surface area contributed by atoms with Crippen molar-refractivity contribution in [3.05, 3.63) is 135 Å². The van der Waals surface area contributed by atoms with Gasteiger partial charge in [-0.05, 0) is 72.8 Å². The maximum absolute atomic E-state index is 15.7. The Bertz CT molecular complexity index is 3070. The molecule has 0 radical (unpaired) electrons. The van der Waals surface area contributed by atoms with Crippen LogP contribution in [0.3, 0.4) is 0 Å². The molecule has 0 bridgehead atoms. The second-order valence-corrected chi connectivity index (χ2v) is 26.1. The fraction of sp³-hybridized carbons (Fsp3) is 0. The van der Waals surface area contributed by atoms with Crippen LogP contribution >= 0.6 is 185 Å². The molecule has 6 nitrogen and oxygen atoms in total. The van der Waals surface area contributed by atoms with Gasteiger partial charge in [-0.15, -0.1) is 45.3 Å². The second kappa shape index (κ2) is 17.5. The Morgan fingerprint density at radius 3 is 0.750 bits per heavy atom. The molecule has 0 saturated carbocycles. The first-order valence-electron chi connectivity index (χ1n) is 17.9. The minimum absolute atomic E-state index is 0.242. The van der Waals surface area contributed by atoms with Gasteiger partial charge in [-0.25, -0.2) is 19.9 Å². The molecule has 4 aromatic heterocycles. The number of ketones is 2. The van der Waals surface area contributed by atoms with E-state index < -0.39 is 0 Å². The maximum Gasteiger partial charge on any atom is 0.196 e. The number of hydrogen-bond acceptors (Lipinski definition) is 14. The first-order valence-corrected chi connectivity index (χ1v) is 27.5. The van der Waals surface area contributed by atoms with Gasteiger partial charge < -0.3 is 0 Å². The zero-order valence-corrected chi connectivity index (χ0v) is 43.4. The number of carbonyl (C=O) groups excluding carboxylic acids is 2. The van der Waals surface area contributed by atoms with Crippen molar-refractivity contribution in [1.82, 2.24) is 19.9 Å². The SMILES string of the molecule is O=C1c2c(Sc3nc4cc(Cl)c(Cl)cc4s3)ccc(Sc3nc4cc(Cl)c(Cl)cc4s3)c2C(=O)c2c(Sc3nc4cc(Cl)c(Cl)cc4s3)ccc(Sc3nc4cc(Cl)c(Cl)cc4s3)c21. The molecule has 64 heavy (non-hydrogen) atoms. The lowest BCUT2D eigenvalue weighted by molar-refractivity contribution is 0.0970. The molecule has 10 aromatic rings. The highest BCUT2D eigenvalue weighted by atomic mass is 35.5. The summed E-state index contributed by atoms with van der Waals surface area (Å²) >= 11 is 61.7. The molecule has 22 heteroatoms. The van der Waals surface area contributed by atoms with Gasteiger partial charge in [0.25, 0.3) is 0 Å². The number of aromatic nitrogens is 4. The van der Waals surface area contributed by atoms with Crippen LogP contribution in [0.25, 0.3) is 40.9 Å². The summed E-state index contributed by atoms with van der Waals surface area (Å²) < 4.78 is 5.79. The lowest BCUT2D eigenvalue weighted by Crippen LogP contribution is -2.24. The summed E-state index contributed by atoms with van der Waals surface area (Å²) in [5.41, 5.74) is 3.60. The third-order valence-electron chi connectivity index (χ3n) is 9.60. The average Bonchev–Trinajstić information content (AvgIpc) is 4.03. The van der Waals surface area contributed by atoms with Gasteiger partial charge >= 0.3 is 0 Å². The van der Waals surface area contributed by atoms with Crippen LogP contribution in [-0.4, -0.2) is 31.5 Å². The quantitative estimate of drug-likeness (QED) is 0.147. The highest BCUT2D eigenvalue weighted by Gasteiger charge is 2.39. The van der Waals surface area contributed by atoms with Gasteiger partial charge in [0.15, 0.2) is 28.9 Å². The summed E-state index contributed by atoms with van der Waals surface area (Å²) in [5, 5.41) is 3.13. The number of benzene rings is 6. The number of carbonyl (C=O) groups is 2. The van der Waals surface area contributed by atoms with Crippen molar-refractivity contribution >= 4 is 238 Å². The summed E-state index contributed by atoms with van der Waals surface area (Å²) in [4.78, 5) is 52.8. The van der Waals surface area contributed by atoms with Crippen LogP contribution in [0.5, 0.6) is 0 Å². The summed E-state index contributed by atoms with van der Waals surface area (Å²) in [5.74, 6) is -0.686. The summed E-state index contributed by atoms with van der Waals surface area (Å²) in [7, 11) is 0. The van der Waals surface area contributed by atoms with Crippen LogP contribution in [0, 0.1) is 0 Å². The van der Waals surface area contributed by atoms with Crippen LogP contribution in [0.1, 0.15) is 31.8 Å². The van der Waals surface area contributed by atoms with Gasteiger partial charge in [0.1, 0.15) is 0 Å². The molecule has 0 amide bonds. The monoisotopic (exact) mass is 1140 g/mol. The Kier molecular flexibility index (Phi) is 12.1. The van der Waals surface area contributed by atoms with Gasteiger partial charge in [0, 0.05) is 41.8 Å². The van der Waals surface area contributed by atoms with Crippen molar-refractivity contribution in [3.8, 4) is 0 Å².